The molecule has 0 spiro atoms. The van der Waals surface area contributed by atoms with Crippen LogP contribution in [0.25, 0.3) is 0 Å². The molecular formula is C18H27N3. The highest BCUT2D eigenvalue weighted by molar-refractivity contribution is 5.15. The Balaban J connectivity index is 1.72. The quantitative estimate of drug-likeness (QED) is 0.752. The lowest BCUT2D eigenvalue weighted by Gasteiger charge is -2.17. The van der Waals surface area contributed by atoms with Gasteiger partial charge in [-0.1, -0.05) is 37.3 Å². The number of nitrogens with one attached hydrogen (secondary N) is 1. The molecule has 0 radical (unpaired) electrons. The monoisotopic (exact) mass is 285 g/mol. The van der Waals surface area contributed by atoms with Crippen molar-refractivity contribution >= 4 is 0 Å². The molecule has 0 saturated carbocycles. The molecule has 0 aliphatic heterocycles. The van der Waals surface area contributed by atoms with Crippen molar-refractivity contribution in [3.8, 4) is 0 Å². The van der Waals surface area contributed by atoms with E-state index in [9.17, 15) is 0 Å². The van der Waals surface area contributed by atoms with Crippen molar-refractivity contribution in [1.82, 2.24) is 15.1 Å². The number of aromatic nitrogens is 2. The van der Waals surface area contributed by atoms with E-state index in [-0.39, 0.29) is 0 Å². The molecule has 1 atom stereocenters. The normalized spacial score (nSPS) is 12.5. The van der Waals surface area contributed by atoms with Crippen molar-refractivity contribution in [3.63, 3.8) is 0 Å². The summed E-state index contributed by atoms with van der Waals surface area (Å²) < 4.78 is 2.11. The topological polar surface area (TPSA) is 29.9 Å². The van der Waals surface area contributed by atoms with Gasteiger partial charge in [0.05, 0.1) is 5.69 Å². The third-order valence-electron chi connectivity index (χ3n) is 3.90. The van der Waals surface area contributed by atoms with Crippen LogP contribution in [0.1, 0.15) is 36.7 Å². The van der Waals surface area contributed by atoms with Crippen molar-refractivity contribution in [2.24, 2.45) is 0 Å². The summed E-state index contributed by atoms with van der Waals surface area (Å²) in [5.41, 5.74) is 3.77. The molecule has 3 nitrogen and oxygen atoms in total. The second-order valence-electron chi connectivity index (χ2n) is 5.75. The molecule has 0 aliphatic rings. The molecule has 0 saturated heterocycles. The molecule has 1 heterocycles. The molecular weight excluding hydrogens is 258 g/mol. The maximum absolute atomic E-state index is 4.50. The van der Waals surface area contributed by atoms with Crippen LogP contribution in [0.5, 0.6) is 0 Å². The van der Waals surface area contributed by atoms with Crippen LogP contribution in [0.4, 0.5) is 0 Å². The fourth-order valence-electron chi connectivity index (χ4n) is 2.70. The molecule has 3 heteroatoms. The van der Waals surface area contributed by atoms with E-state index in [4.69, 9.17) is 0 Å². The van der Waals surface area contributed by atoms with Gasteiger partial charge in [0.2, 0.25) is 0 Å². The summed E-state index contributed by atoms with van der Waals surface area (Å²) in [5.74, 6) is 0. The number of hydrogen-bond donors (Lipinski definition) is 1. The number of rotatable bonds is 8. The van der Waals surface area contributed by atoms with E-state index in [1.54, 1.807) is 0 Å². The summed E-state index contributed by atoms with van der Waals surface area (Å²) in [6.07, 6.45) is 3.39. The van der Waals surface area contributed by atoms with Crippen LogP contribution in [0, 0.1) is 13.8 Å². The molecule has 2 aromatic rings. The van der Waals surface area contributed by atoms with Gasteiger partial charge in [-0.3, -0.25) is 4.68 Å². The zero-order valence-corrected chi connectivity index (χ0v) is 13.5. The third kappa shape index (κ3) is 5.01. The van der Waals surface area contributed by atoms with E-state index in [0.29, 0.717) is 6.04 Å². The Morgan fingerprint density at radius 3 is 2.57 bits per heavy atom. The summed E-state index contributed by atoms with van der Waals surface area (Å²) in [4.78, 5) is 0. The average Bonchev–Trinajstić information content (AvgIpc) is 2.81. The van der Waals surface area contributed by atoms with Crippen LogP contribution >= 0.6 is 0 Å². The second kappa shape index (κ2) is 7.99. The second-order valence-corrected chi connectivity index (χ2v) is 5.75. The zero-order valence-electron chi connectivity index (χ0n) is 13.5. The fourth-order valence-corrected chi connectivity index (χ4v) is 2.70. The summed E-state index contributed by atoms with van der Waals surface area (Å²) >= 11 is 0. The summed E-state index contributed by atoms with van der Waals surface area (Å²) in [5, 5.41) is 8.18. The van der Waals surface area contributed by atoms with Crippen molar-refractivity contribution in [1.29, 1.82) is 0 Å². The Morgan fingerprint density at radius 1 is 1.19 bits per heavy atom. The Labute approximate surface area is 128 Å². The molecule has 1 aromatic heterocycles. The molecule has 0 aliphatic carbocycles. The Kier molecular flexibility index (Phi) is 6.00. The van der Waals surface area contributed by atoms with E-state index in [1.807, 2.05) is 0 Å². The van der Waals surface area contributed by atoms with Gasteiger partial charge in [0.25, 0.3) is 0 Å². The van der Waals surface area contributed by atoms with Gasteiger partial charge < -0.3 is 5.32 Å². The summed E-state index contributed by atoms with van der Waals surface area (Å²) in [7, 11) is 0. The standard InChI is InChI=1S/C18H27N3/c1-4-18(14-17-9-6-5-7-10-17)19-11-8-12-21-16(3)13-15(2)20-21/h5-7,9-10,13,18-19H,4,8,11-12,14H2,1-3H3. The Hall–Kier alpha value is -1.61. The van der Waals surface area contributed by atoms with Gasteiger partial charge in [0, 0.05) is 18.3 Å². The van der Waals surface area contributed by atoms with Crippen molar-refractivity contribution in [2.75, 3.05) is 6.54 Å². The van der Waals surface area contributed by atoms with E-state index < -0.39 is 0 Å². The molecule has 2 rings (SSSR count). The number of hydrogen-bond acceptors (Lipinski definition) is 2. The minimum atomic E-state index is 0.563. The van der Waals surface area contributed by atoms with Gasteiger partial charge >= 0.3 is 0 Å². The van der Waals surface area contributed by atoms with E-state index >= 15 is 0 Å². The first kappa shape index (κ1) is 15.8. The van der Waals surface area contributed by atoms with Crippen LogP contribution in [-0.4, -0.2) is 22.4 Å². The minimum Gasteiger partial charge on any atom is -0.314 e. The van der Waals surface area contributed by atoms with Crippen molar-refractivity contribution in [2.45, 2.75) is 52.6 Å². The van der Waals surface area contributed by atoms with E-state index in [2.05, 4.69) is 72.3 Å². The molecule has 0 amide bonds. The predicted molar refractivity (Wildman–Crippen MR) is 88.5 cm³/mol. The molecule has 0 fully saturated rings. The maximum atomic E-state index is 4.50. The molecule has 114 valence electrons. The summed E-state index contributed by atoms with van der Waals surface area (Å²) in [6, 6.07) is 13.4. The molecule has 1 unspecified atom stereocenters. The number of aryl methyl sites for hydroxylation is 3. The van der Waals surface area contributed by atoms with Gasteiger partial charge in [-0.2, -0.15) is 5.10 Å². The summed E-state index contributed by atoms with van der Waals surface area (Å²) in [6.45, 7) is 8.46. The van der Waals surface area contributed by atoms with Crippen LogP contribution in [0.2, 0.25) is 0 Å². The Bertz CT molecular complexity index is 531. The smallest absolute Gasteiger partial charge is 0.0596 e. The van der Waals surface area contributed by atoms with Gasteiger partial charge in [-0.25, -0.2) is 0 Å². The minimum absolute atomic E-state index is 0.563. The van der Waals surface area contributed by atoms with Gasteiger partial charge in [0.1, 0.15) is 0 Å². The zero-order chi connectivity index (χ0) is 15.1. The van der Waals surface area contributed by atoms with Crippen LogP contribution in [0.15, 0.2) is 36.4 Å². The largest absolute Gasteiger partial charge is 0.314 e. The van der Waals surface area contributed by atoms with Crippen molar-refractivity contribution in [3.05, 3.63) is 53.3 Å². The molecule has 1 aromatic carbocycles. The highest BCUT2D eigenvalue weighted by Crippen LogP contribution is 2.06. The first-order valence-electron chi connectivity index (χ1n) is 7.97. The third-order valence-corrected chi connectivity index (χ3v) is 3.90. The van der Waals surface area contributed by atoms with Crippen LogP contribution < -0.4 is 5.32 Å². The van der Waals surface area contributed by atoms with E-state index in [1.165, 1.54) is 11.3 Å². The highest BCUT2D eigenvalue weighted by Gasteiger charge is 2.06. The van der Waals surface area contributed by atoms with Crippen molar-refractivity contribution < 1.29 is 0 Å². The molecule has 0 bridgehead atoms. The Morgan fingerprint density at radius 2 is 1.95 bits per heavy atom. The molecule has 1 N–H and O–H groups in total. The molecule has 21 heavy (non-hydrogen) atoms. The fraction of sp³-hybridized carbons (Fsp3) is 0.500. The number of benzene rings is 1. The SMILES string of the molecule is CCC(Cc1ccccc1)NCCCn1nc(C)cc1C. The van der Waals surface area contributed by atoms with Crippen LogP contribution in [0.3, 0.4) is 0 Å². The van der Waals surface area contributed by atoms with Gasteiger partial charge in [-0.05, 0) is 51.3 Å². The van der Waals surface area contributed by atoms with Crippen LogP contribution in [-0.2, 0) is 13.0 Å². The van der Waals surface area contributed by atoms with Gasteiger partial charge in [0.15, 0.2) is 0 Å². The lowest BCUT2D eigenvalue weighted by atomic mass is 10.0. The lowest BCUT2D eigenvalue weighted by molar-refractivity contribution is 0.462. The van der Waals surface area contributed by atoms with Gasteiger partial charge in [-0.15, -0.1) is 0 Å². The highest BCUT2D eigenvalue weighted by atomic mass is 15.3. The predicted octanol–water partition coefficient (Wildman–Crippen LogP) is 3.50. The first-order valence-corrected chi connectivity index (χ1v) is 7.97. The number of nitrogens with zero attached hydrogens (tertiary/aromatic N) is 2. The first-order chi connectivity index (χ1) is 10.2. The van der Waals surface area contributed by atoms with E-state index in [0.717, 1.165) is 38.0 Å². The average molecular weight is 285 g/mol. The maximum Gasteiger partial charge on any atom is 0.0596 e. The lowest BCUT2D eigenvalue weighted by Crippen LogP contribution is -2.31.